The van der Waals surface area contributed by atoms with E-state index < -0.39 is 0 Å². The van der Waals surface area contributed by atoms with Gasteiger partial charge in [0, 0.05) is 13.5 Å². The standard InChI is InChI=1S/C17H24N4O/c1-11-6-14-15(7-12(11)2)20-16(19-14)10-21(3)17(22)8-13-4-5-18-9-13/h6-7,13,18H,4-5,8-10H2,1-3H3,(H,19,20)/t13-/m1/s1. The molecule has 118 valence electrons. The fourth-order valence-electron chi connectivity index (χ4n) is 3.00. The third-order valence-corrected chi connectivity index (χ3v) is 4.58. The third-order valence-electron chi connectivity index (χ3n) is 4.58. The van der Waals surface area contributed by atoms with Crippen molar-refractivity contribution in [3.05, 3.63) is 29.1 Å². The molecule has 2 aromatic rings. The summed E-state index contributed by atoms with van der Waals surface area (Å²) in [6.07, 6.45) is 1.73. The van der Waals surface area contributed by atoms with Gasteiger partial charge >= 0.3 is 0 Å². The number of amides is 1. The molecule has 2 heterocycles. The summed E-state index contributed by atoms with van der Waals surface area (Å²) in [5.74, 6) is 1.53. The molecule has 1 amide bonds. The molecule has 5 heteroatoms. The Bertz CT molecular complexity index is 646. The minimum Gasteiger partial charge on any atom is -0.340 e. The van der Waals surface area contributed by atoms with Crippen molar-refractivity contribution >= 4 is 16.9 Å². The Morgan fingerprint density at radius 3 is 2.86 bits per heavy atom. The zero-order chi connectivity index (χ0) is 15.7. The second-order valence-electron chi connectivity index (χ2n) is 6.45. The summed E-state index contributed by atoms with van der Waals surface area (Å²) in [5.41, 5.74) is 4.50. The van der Waals surface area contributed by atoms with Crippen LogP contribution in [0.15, 0.2) is 12.1 Å². The second-order valence-corrected chi connectivity index (χ2v) is 6.45. The molecule has 0 bridgehead atoms. The van der Waals surface area contributed by atoms with E-state index in [1.54, 1.807) is 4.90 Å². The highest BCUT2D eigenvalue weighted by Gasteiger charge is 2.20. The molecule has 1 fully saturated rings. The van der Waals surface area contributed by atoms with Gasteiger partial charge in [-0.2, -0.15) is 0 Å². The van der Waals surface area contributed by atoms with E-state index in [0.717, 1.165) is 36.4 Å². The number of benzene rings is 1. The van der Waals surface area contributed by atoms with Crippen LogP contribution >= 0.6 is 0 Å². The summed E-state index contributed by atoms with van der Waals surface area (Å²) in [4.78, 5) is 22.0. The number of carbonyl (C=O) groups excluding carboxylic acids is 1. The average molecular weight is 300 g/mol. The first-order chi connectivity index (χ1) is 10.5. The van der Waals surface area contributed by atoms with Gasteiger partial charge in [0.15, 0.2) is 0 Å². The van der Waals surface area contributed by atoms with E-state index in [2.05, 4.69) is 41.3 Å². The predicted molar refractivity (Wildman–Crippen MR) is 87.6 cm³/mol. The SMILES string of the molecule is Cc1cc2nc(CN(C)C(=O)C[C@H]3CCNC3)[nH]c2cc1C. The number of aromatic nitrogens is 2. The number of H-pyrrole nitrogens is 1. The molecule has 0 radical (unpaired) electrons. The monoisotopic (exact) mass is 300 g/mol. The number of carbonyl (C=O) groups is 1. The van der Waals surface area contributed by atoms with Crippen LogP contribution in [0.25, 0.3) is 11.0 Å². The fourth-order valence-corrected chi connectivity index (χ4v) is 3.00. The van der Waals surface area contributed by atoms with Crippen LogP contribution in [0.1, 0.15) is 29.8 Å². The normalized spacial score (nSPS) is 18.0. The summed E-state index contributed by atoms with van der Waals surface area (Å²) < 4.78 is 0. The van der Waals surface area contributed by atoms with E-state index in [0.29, 0.717) is 18.9 Å². The lowest BCUT2D eigenvalue weighted by atomic mass is 10.0. The van der Waals surface area contributed by atoms with Gasteiger partial charge < -0.3 is 15.2 Å². The molecule has 1 aromatic carbocycles. The average Bonchev–Trinajstić information content (AvgIpc) is 3.09. The Balaban J connectivity index is 1.67. The van der Waals surface area contributed by atoms with Gasteiger partial charge in [0.2, 0.25) is 5.91 Å². The molecule has 0 unspecified atom stereocenters. The van der Waals surface area contributed by atoms with Crippen LogP contribution in [0.5, 0.6) is 0 Å². The number of nitrogens with zero attached hydrogens (tertiary/aromatic N) is 2. The molecule has 0 spiro atoms. The number of fused-ring (bicyclic) bond motifs is 1. The number of hydrogen-bond donors (Lipinski definition) is 2. The van der Waals surface area contributed by atoms with Crippen LogP contribution in [0.3, 0.4) is 0 Å². The molecule has 0 saturated carbocycles. The molecular formula is C17H24N4O. The number of imidazole rings is 1. The van der Waals surface area contributed by atoms with Crippen LogP contribution < -0.4 is 5.32 Å². The highest BCUT2D eigenvalue weighted by molar-refractivity contribution is 5.78. The van der Waals surface area contributed by atoms with Crippen LogP contribution in [-0.4, -0.2) is 40.9 Å². The molecule has 1 aromatic heterocycles. The molecular weight excluding hydrogens is 276 g/mol. The number of aromatic amines is 1. The van der Waals surface area contributed by atoms with E-state index in [-0.39, 0.29) is 5.91 Å². The van der Waals surface area contributed by atoms with Crippen LogP contribution in [0.2, 0.25) is 0 Å². The maximum Gasteiger partial charge on any atom is 0.223 e. The van der Waals surface area contributed by atoms with Crippen molar-refractivity contribution in [2.24, 2.45) is 5.92 Å². The zero-order valence-corrected chi connectivity index (χ0v) is 13.6. The quantitative estimate of drug-likeness (QED) is 0.909. The van der Waals surface area contributed by atoms with Gasteiger partial charge in [-0.15, -0.1) is 0 Å². The van der Waals surface area contributed by atoms with Crippen molar-refractivity contribution in [1.29, 1.82) is 0 Å². The summed E-state index contributed by atoms with van der Waals surface area (Å²) in [7, 11) is 1.86. The Morgan fingerprint density at radius 1 is 1.36 bits per heavy atom. The summed E-state index contributed by atoms with van der Waals surface area (Å²) in [5, 5.41) is 3.31. The van der Waals surface area contributed by atoms with Gasteiger partial charge in [0.25, 0.3) is 0 Å². The van der Waals surface area contributed by atoms with E-state index in [9.17, 15) is 4.79 Å². The minimum absolute atomic E-state index is 0.196. The van der Waals surface area contributed by atoms with Crippen molar-refractivity contribution in [2.45, 2.75) is 33.2 Å². The number of nitrogens with one attached hydrogen (secondary N) is 2. The van der Waals surface area contributed by atoms with Crippen molar-refractivity contribution < 1.29 is 4.79 Å². The first-order valence-electron chi connectivity index (χ1n) is 7.93. The van der Waals surface area contributed by atoms with Crippen molar-refractivity contribution in [1.82, 2.24) is 20.2 Å². The number of hydrogen-bond acceptors (Lipinski definition) is 3. The maximum atomic E-state index is 12.3. The van der Waals surface area contributed by atoms with Crippen molar-refractivity contribution in [3.8, 4) is 0 Å². The molecule has 5 nitrogen and oxygen atoms in total. The van der Waals surface area contributed by atoms with Gasteiger partial charge in [0.1, 0.15) is 5.82 Å². The molecule has 0 aliphatic carbocycles. The molecule has 22 heavy (non-hydrogen) atoms. The predicted octanol–water partition coefficient (Wildman–Crippen LogP) is 2.14. The largest absolute Gasteiger partial charge is 0.340 e. The summed E-state index contributed by atoms with van der Waals surface area (Å²) in [6, 6.07) is 4.21. The first-order valence-corrected chi connectivity index (χ1v) is 7.93. The van der Waals surface area contributed by atoms with Gasteiger partial charge in [-0.25, -0.2) is 4.98 Å². The highest BCUT2D eigenvalue weighted by Crippen LogP contribution is 2.18. The summed E-state index contributed by atoms with van der Waals surface area (Å²) >= 11 is 0. The van der Waals surface area contributed by atoms with Crippen LogP contribution in [0, 0.1) is 19.8 Å². The van der Waals surface area contributed by atoms with Crippen LogP contribution in [-0.2, 0) is 11.3 Å². The Morgan fingerprint density at radius 2 is 2.14 bits per heavy atom. The number of rotatable bonds is 4. The van der Waals surface area contributed by atoms with Crippen LogP contribution in [0.4, 0.5) is 0 Å². The second kappa shape index (κ2) is 6.08. The Labute approximate surface area is 131 Å². The molecule has 1 saturated heterocycles. The highest BCUT2D eigenvalue weighted by atomic mass is 16.2. The number of aryl methyl sites for hydroxylation is 2. The van der Waals surface area contributed by atoms with Gasteiger partial charge in [-0.05, 0) is 62.5 Å². The minimum atomic E-state index is 0.196. The zero-order valence-electron chi connectivity index (χ0n) is 13.6. The molecule has 1 atom stereocenters. The van der Waals surface area contributed by atoms with E-state index in [1.165, 1.54) is 11.1 Å². The van der Waals surface area contributed by atoms with Crippen molar-refractivity contribution in [2.75, 3.05) is 20.1 Å². The molecule has 3 rings (SSSR count). The third kappa shape index (κ3) is 3.14. The molecule has 2 N–H and O–H groups in total. The van der Waals surface area contributed by atoms with E-state index in [1.807, 2.05) is 7.05 Å². The van der Waals surface area contributed by atoms with Gasteiger partial charge in [-0.3, -0.25) is 4.79 Å². The van der Waals surface area contributed by atoms with E-state index in [4.69, 9.17) is 0 Å². The van der Waals surface area contributed by atoms with Gasteiger partial charge in [0.05, 0.1) is 17.6 Å². The summed E-state index contributed by atoms with van der Waals surface area (Å²) in [6.45, 7) is 6.72. The Kier molecular flexibility index (Phi) is 4.16. The first kappa shape index (κ1) is 15.0. The lowest BCUT2D eigenvalue weighted by Crippen LogP contribution is -2.29. The van der Waals surface area contributed by atoms with Gasteiger partial charge in [-0.1, -0.05) is 0 Å². The molecule has 1 aliphatic rings. The Hall–Kier alpha value is -1.88. The lowest BCUT2D eigenvalue weighted by molar-refractivity contribution is -0.131. The topological polar surface area (TPSA) is 61.0 Å². The smallest absolute Gasteiger partial charge is 0.223 e. The lowest BCUT2D eigenvalue weighted by Gasteiger charge is -2.17. The van der Waals surface area contributed by atoms with Crippen molar-refractivity contribution in [3.63, 3.8) is 0 Å². The fraction of sp³-hybridized carbons (Fsp3) is 0.529. The van der Waals surface area contributed by atoms with E-state index >= 15 is 0 Å². The molecule has 1 aliphatic heterocycles. The maximum absolute atomic E-state index is 12.3.